The van der Waals surface area contributed by atoms with Gasteiger partial charge in [0.15, 0.2) is 22.4 Å². The molecule has 34 heavy (non-hydrogen) atoms. The van der Waals surface area contributed by atoms with Crippen molar-refractivity contribution in [3.8, 4) is 0 Å². The van der Waals surface area contributed by atoms with Crippen LogP contribution in [0.1, 0.15) is 96.4 Å². The van der Waals surface area contributed by atoms with Crippen LogP contribution in [0.5, 0.6) is 0 Å². The zero-order valence-electron chi connectivity index (χ0n) is 25.1. The van der Waals surface area contributed by atoms with E-state index in [-0.39, 0.29) is 12.4 Å². The van der Waals surface area contributed by atoms with E-state index < -0.39 is 25.2 Å². The van der Waals surface area contributed by atoms with Gasteiger partial charge in [-0.05, 0) is 64.8 Å². The van der Waals surface area contributed by atoms with Gasteiger partial charge >= 0.3 is 8.56 Å². The summed E-state index contributed by atoms with van der Waals surface area (Å²) in [6, 6.07) is 0.899. The molecule has 0 unspecified atom stereocenters. The van der Waals surface area contributed by atoms with Crippen LogP contribution in [0.4, 0.5) is 0 Å². The lowest BCUT2D eigenvalue weighted by molar-refractivity contribution is -0.119. The lowest BCUT2D eigenvalue weighted by Gasteiger charge is -2.53. The van der Waals surface area contributed by atoms with E-state index in [1.807, 2.05) is 0 Å². The minimum absolute atomic E-state index is 0.0239. The third-order valence-electron chi connectivity index (χ3n) is 7.83. The van der Waals surface area contributed by atoms with E-state index in [1.165, 1.54) is 0 Å². The van der Waals surface area contributed by atoms with Crippen LogP contribution in [-0.2, 0) is 17.8 Å². The van der Waals surface area contributed by atoms with Gasteiger partial charge in [0.2, 0.25) is 0 Å². The second kappa shape index (κ2) is 14.0. The molecule has 0 aromatic carbocycles. The fraction of sp³-hybridized carbons (Fsp3) is 0.889. The van der Waals surface area contributed by atoms with Crippen molar-refractivity contribution in [2.75, 3.05) is 13.2 Å². The molecule has 0 radical (unpaired) electrons. The number of Topliss-reactive ketones (excluding diaryl/α,β-unsaturated/α-hetero) is 1. The van der Waals surface area contributed by atoms with Crippen LogP contribution < -0.4 is 0 Å². The van der Waals surface area contributed by atoms with Gasteiger partial charge in [-0.3, -0.25) is 4.79 Å². The molecule has 4 nitrogen and oxygen atoms in total. The van der Waals surface area contributed by atoms with Crippen molar-refractivity contribution in [1.82, 2.24) is 0 Å². The quantitative estimate of drug-likeness (QED) is 0.107. The molecule has 0 bridgehead atoms. The van der Waals surface area contributed by atoms with E-state index in [9.17, 15) is 4.79 Å². The number of carbonyl (C=O) groups excluding carboxylic acids is 1. The summed E-state index contributed by atoms with van der Waals surface area (Å²) in [6.07, 6.45) is 0.851. The Kier molecular flexibility index (Phi) is 14.0. The predicted molar refractivity (Wildman–Crippen MR) is 156 cm³/mol. The van der Waals surface area contributed by atoms with Crippen molar-refractivity contribution < 1.29 is 17.8 Å². The van der Waals surface area contributed by atoms with E-state index in [0.717, 1.165) is 12.5 Å². The van der Waals surface area contributed by atoms with Gasteiger partial charge in [-0.15, -0.1) is 0 Å². The zero-order chi connectivity index (χ0) is 27.1. The Morgan fingerprint density at radius 2 is 1.03 bits per heavy atom. The van der Waals surface area contributed by atoms with Crippen molar-refractivity contribution >= 4 is 31.0 Å². The maximum Gasteiger partial charge on any atom is 0.314 e. The number of ether oxygens (including phenoxy) is 1. The molecule has 7 heteroatoms. The Hall–Kier alpha value is -0.0594. The van der Waals surface area contributed by atoms with Gasteiger partial charge in [-0.2, -0.15) is 0 Å². The molecule has 0 aliphatic carbocycles. The second-order valence-corrected chi connectivity index (χ2v) is 27.1. The maximum absolute atomic E-state index is 11.9. The molecule has 0 heterocycles. The molecule has 0 atom stereocenters. The van der Waals surface area contributed by atoms with Gasteiger partial charge in [0.05, 0.1) is 0 Å². The Morgan fingerprint density at radius 1 is 0.706 bits per heavy atom. The third-order valence-corrected chi connectivity index (χ3v) is 26.2. The summed E-state index contributed by atoms with van der Waals surface area (Å²) in [5.74, 6) is -0.0239. The first-order chi connectivity index (χ1) is 15.4. The van der Waals surface area contributed by atoms with E-state index in [0.29, 0.717) is 45.4 Å². The van der Waals surface area contributed by atoms with Crippen molar-refractivity contribution in [2.24, 2.45) is 0 Å². The van der Waals surface area contributed by atoms with E-state index in [4.69, 9.17) is 13.0 Å². The molecule has 0 fully saturated rings. The normalized spacial score (nSPS) is 13.9. The average molecular weight is 531 g/mol. The van der Waals surface area contributed by atoms with Crippen molar-refractivity contribution in [2.45, 2.75) is 142 Å². The van der Waals surface area contributed by atoms with Crippen molar-refractivity contribution in [3.05, 3.63) is 12.2 Å². The first-order valence-electron chi connectivity index (χ1n) is 13.6. The lowest BCUT2D eigenvalue weighted by atomic mass is 10.2. The van der Waals surface area contributed by atoms with Crippen molar-refractivity contribution in [3.63, 3.8) is 0 Å². The summed E-state index contributed by atoms with van der Waals surface area (Å²) in [7, 11) is -6.79. The Balaban J connectivity index is 6.18. The second-order valence-electron chi connectivity index (χ2n) is 12.3. The van der Waals surface area contributed by atoms with Crippen LogP contribution in [0.3, 0.4) is 0 Å². The zero-order valence-corrected chi connectivity index (χ0v) is 28.1. The molecule has 0 aromatic heterocycles. The molecule has 0 aliphatic rings. The highest BCUT2D eigenvalue weighted by atomic mass is 28.5. The van der Waals surface area contributed by atoms with Gasteiger partial charge in [0, 0.05) is 6.61 Å². The number of hydrogen-bond acceptors (Lipinski definition) is 4. The van der Waals surface area contributed by atoms with Gasteiger partial charge in [0.1, 0.15) is 6.61 Å². The molecular formula is C27H58O4Si3. The van der Waals surface area contributed by atoms with Crippen LogP contribution in [0.25, 0.3) is 0 Å². The van der Waals surface area contributed by atoms with E-state index in [1.54, 1.807) is 6.92 Å². The first-order valence-corrected chi connectivity index (χ1v) is 20.4. The number of ketones is 1. The van der Waals surface area contributed by atoms with Crippen LogP contribution in [0.2, 0.25) is 45.8 Å². The Morgan fingerprint density at radius 3 is 1.29 bits per heavy atom. The fourth-order valence-corrected chi connectivity index (χ4v) is 28.1. The van der Waals surface area contributed by atoms with Crippen LogP contribution in [0.15, 0.2) is 12.2 Å². The summed E-state index contributed by atoms with van der Waals surface area (Å²) >= 11 is 0. The Bertz CT molecular complexity index is 564. The molecule has 0 rings (SSSR count). The molecule has 0 saturated heterocycles. The topological polar surface area (TPSA) is 44.8 Å². The smallest absolute Gasteiger partial charge is 0.314 e. The monoisotopic (exact) mass is 530 g/mol. The van der Waals surface area contributed by atoms with Crippen molar-refractivity contribution in [1.29, 1.82) is 0 Å². The molecule has 202 valence electrons. The first kappa shape index (κ1) is 33.9. The molecule has 0 aliphatic heterocycles. The maximum atomic E-state index is 11.9. The lowest BCUT2D eigenvalue weighted by Crippen LogP contribution is -2.63. The largest absolute Gasteiger partial charge is 0.435 e. The Labute approximate surface area is 216 Å². The molecule has 0 aromatic rings. The fourth-order valence-electron chi connectivity index (χ4n) is 6.36. The molecule has 0 amide bonds. The molecule has 0 saturated carbocycles. The van der Waals surface area contributed by atoms with Gasteiger partial charge in [-0.25, -0.2) is 0 Å². The summed E-state index contributed by atoms with van der Waals surface area (Å²) in [5.41, 5.74) is 3.64. The van der Waals surface area contributed by atoms with Gasteiger partial charge in [-0.1, -0.05) is 89.7 Å². The summed E-state index contributed by atoms with van der Waals surface area (Å²) in [5, 5.41) is 0. The van der Waals surface area contributed by atoms with Crippen LogP contribution >= 0.6 is 0 Å². The van der Waals surface area contributed by atoms with Gasteiger partial charge < -0.3 is 13.0 Å². The average Bonchev–Trinajstić information content (AvgIpc) is 2.68. The standard InChI is InChI=1S/C27H58O4Si3/c1-20(2)27(28)19-29-17-16-18-32(15,30-33(21(3)4,22(5)6)23(7)8)31-34(24(9)10,25(11)12)26(13)14/h21-26H,1,16-19H2,2-15H3. The number of rotatable bonds is 17. The van der Waals surface area contributed by atoms with Crippen LogP contribution in [0, 0.1) is 0 Å². The highest BCUT2D eigenvalue weighted by molar-refractivity contribution is 6.92. The summed E-state index contributed by atoms with van der Waals surface area (Å²) in [6.45, 7) is 36.7. The molecule has 0 N–H and O–H groups in total. The highest BCUT2D eigenvalue weighted by Gasteiger charge is 2.55. The van der Waals surface area contributed by atoms with E-state index >= 15 is 0 Å². The minimum Gasteiger partial charge on any atom is -0.435 e. The van der Waals surface area contributed by atoms with E-state index in [2.05, 4.69) is 96.2 Å². The molecule has 0 spiro atoms. The predicted octanol–water partition coefficient (Wildman–Crippen LogP) is 8.99. The minimum atomic E-state index is -2.55. The highest BCUT2D eigenvalue weighted by Crippen LogP contribution is 2.49. The SMILES string of the molecule is C=C(C)C(=O)COCCC[Si](C)(O[Si](C(C)C)(C(C)C)C(C)C)O[Si](C(C)C)(C(C)C)C(C)C. The molecular weight excluding hydrogens is 473 g/mol. The summed E-state index contributed by atoms with van der Waals surface area (Å²) in [4.78, 5) is 11.9. The van der Waals surface area contributed by atoms with Gasteiger partial charge in [0.25, 0.3) is 0 Å². The third kappa shape index (κ3) is 8.23. The van der Waals surface area contributed by atoms with Crippen LogP contribution in [-0.4, -0.2) is 44.2 Å². The summed E-state index contributed by atoms with van der Waals surface area (Å²) < 4.78 is 20.8. The number of carbonyl (C=O) groups is 1. The number of hydrogen-bond donors (Lipinski definition) is 0.